The minimum atomic E-state index is -0.230. The number of nitrogens with one attached hydrogen (secondary N) is 1. The summed E-state index contributed by atoms with van der Waals surface area (Å²) in [5, 5.41) is 5.39. The second kappa shape index (κ2) is 7.78. The van der Waals surface area contributed by atoms with Crippen LogP contribution in [0.1, 0.15) is 22.9 Å². The third-order valence-electron chi connectivity index (χ3n) is 4.20. The van der Waals surface area contributed by atoms with Crippen molar-refractivity contribution in [2.75, 3.05) is 0 Å². The molecule has 0 spiro atoms. The molecule has 2 heterocycles. The van der Waals surface area contributed by atoms with E-state index in [1.807, 2.05) is 76.6 Å². The van der Waals surface area contributed by atoms with Gasteiger partial charge in [0.15, 0.2) is 10.1 Å². The summed E-state index contributed by atoms with van der Waals surface area (Å²) in [6.07, 6.45) is 5.07. The number of hydrogen-bond donors (Lipinski definition) is 1. The number of halogens is 1. The van der Waals surface area contributed by atoms with Gasteiger partial charge in [-0.2, -0.15) is 0 Å². The summed E-state index contributed by atoms with van der Waals surface area (Å²) < 4.78 is 1.86. The zero-order chi connectivity index (χ0) is 18.6. The number of imidazole rings is 1. The third kappa shape index (κ3) is 3.79. The fraction of sp³-hybridized carbons (Fsp3) is 0.0476. The van der Waals surface area contributed by atoms with E-state index in [0.717, 1.165) is 16.1 Å². The van der Waals surface area contributed by atoms with E-state index in [1.165, 1.54) is 17.4 Å². The summed E-state index contributed by atoms with van der Waals surface area (Å²) in [5.74, 6) is -0.200. The first kappa shape index (κ1) is 17.5. The van der Waals surface area contributed by atoms with Crippen LogP contribution in [0, 0.1) is 0 Å². The van der Waals surface area contributed by atoms with E-state index in [-0.39, 0.29) is 11.9 Å². The van der Waals surface area contributed by atoms with Gasteiger partial charge in [-0.3, -0.25) is 9.20 Å². The van der Waals surface area contributed by atoms with Gasteiger partial charge in [0.25, 0.3) is 0 Å². The Balaban J connectivity index is 1.59. The second-order valence-electron chi connectivity index (χ2n) is 5.94. The molecule has 4 rings (SSSR count). The Morgan fingerprint density at radius 2 is 1.70 bits per heavy atom. The number of hydrogen-bond acceptors (Lipinski definition) is 3. The Morgan fingerprint density at radius 3 is 2.33 bits per heavy atom. The Labute approximate surface area is 165 Å². The zero-order valence-electron chi connectivity index (χ0n) is 14.2. The first-order valence-electron chi connectivity index (χ1n) is 8.42. The Hall–Kier alpha value is -2.89. The molecule has 0 bridgehead atoms. The predicted octanol–water partition coefficient (Wildman–Crippen LogP) is 4.97. The van der Waals surface area contributed by atoms with E-state index in [9.17, 15) is 4.79 Å². The smallest absolute Gasteiger partial charge is 0.244 e. The van der Waals surface area contributed by atoms with Crippen LogP contribution in [-0.4, -0.2) is 15.3 Å². The summed E-state index contributed by atoms with van der Waals surface area (Å²) in [4.78, 5) is 17.7. The lowest BCUT2D eigenvalue weighted by Crippen LogP contribution is -2.27. The van der Waals surface area contributed by atoms with Gasteiger partial charge in [0.2, 0.25) is 5.91 Å². The fourth-order valence-corrected chi connectivity index (χ4v) is 3.93. The molecule has 6 heteroatoms. The molecule has 0 unspecified atom stereocenters. The Bertz CT molecular complexity index is 1050. The molecule has 0 aliphatic rings. The van der Waals surface area contributed by atoms with Crippen molar-refractivity contribution in [3.8, 4) is 0 Å². The highest BCUT2D eigenvalue weighted by molar-refractivity contribution is 7.15. The minimum Gasteiger partial charge on any atom is -0.342 e. The van der Waals surface area contributed by atoms with E-state index in [1.54, 1.807) is 6.08 Å². The summed E-state index contributed by atoms with van der Waals surface area (Å²) in [7, 11) is 0. The Kier molecular flexibility index (Phi) is 5.05. The number of benzene rings is 2. The molecule has 0 aliphatic heterocycles. The molecule has 0 aliphatic carbocycles. The van der Waals surface area contributed by atoms with Crippen molar-refractivity contribution < 1.29 is 4.79 Å². The highest BCUT2D eigenvalue weighted by Crippen LogP contribution is 2.23. The highest BCUT2D eigenvalue weighted by atomic mass is 35.5. The summed E-state index contributed by atoms with van der Waals surface area (Å²) in [6, 6.07) is 19.6. The van der Waals surface area contributed by atoms with Crippen molar-refractivity contribution in [1.29, 1.82) is 0 Å². The van der Waals surface area contributed by atoms with Gasteiger partial charge >= 0.3 is 0 Å². The van der Waals surface area contributed by atoms with Gasteiger partial charge in [-0.05, 0) is 17.2 Å². The normalized spacial score (nSPS) is 11.5. The van der Waals surface area contributed by atoms with E-state index >= 15 is 0 Å². The van der Waals surface area contributed by atoms with E-state index in [4.69, 9.17) is 11.6 Å². The molecular weight excluding hydrogens is 378 g/mol. The molecule has 27 heavy (non-hydrogen) atoms. The number of thiazole rings is 1. The van der Waals surface area contributed by atoms with Gasteiger partial charge in [0, 0.05) is 17.7 Å². The molecule has 0 atom stereocenters. The van der Waals surface area contributed by atoms with Crippen molar-refractivity contribution in [2.45, 2.75) is 6.04 Å². The van der Waals surface area contributed by atoms with Crippen LogP contribution in [0.5, 0.6) is 0 Å². The highest BCUT2D eigenvalue weighted by Gasteiger charge is 2.15. The van der Waals surface area contributed by atoms with Crippen molar-refractivity contribution in [1.82, 2.24) is 14.7 Å². The van der Waals surface area contributed by atoms with Crippen molar-refractivity contribution in [2.24, 2.45) is 0 Å². The van der Waals surface area contributed by atoms with E-state index in [0.29, 0.717) is 10.8 Å². The molecule has 0 saturated carbocycles. The van der Waals surface area contributed by atoms with Crippen molar-refractivity contribution in [3.05, 3.63) is 100 Å². The molecule has 1 N–H and O–H groups in total. The molecular formula is C21H16ClN3OS. The van der Waals surface area contributed by atoms with Crippen LogP contribution in [0.3, 0.4) is 0 Å². The number of carbonyl (C=O) groups excluding carboxylic acids is 1. The molecule has 0 saturated heterocycles. The number of amides is 1. The lowest BCUT2D eigenvalue weighted by atomic mass is 9.99. The first-order valence-corrected chi connectivity index (χ1v) is 9.67. The minimum absolute atomic E-state index is 0.200. The topological polar surface area (TPSA) is 46.4 Å². The molecule has 2 aromatic carbocycles. The molecule has 1 amide bonds. The fourth-order valence-electron chi connectivity index (χ4n) is 2.92. The summed E-state index contributed by atoms with van der Waals surface area (Å²) in [6.45, 7) is 0. The van der Waals surface area contributed by atoms with Gasteiger partial charge in [-0.15, -0.1) is 11.3 Å². The SMILES string of the molecule is O=C(/C=C/c1c(Cl)nc2sccn12)NC(c1ccccc1)c1ccccc1. The molecule has 4 aromatic rings. The van der Waals surface area contributed by atoms with Crippen LogP contribution < -0.4 is 5.32 Å². The molecule has 0 fully saturated rings. The summed E-state index contributed by atoms with van der Waals surface area (Å²) in [5.41, 5.74) is 2.74. The lowest BCUT2D eigenvalue weighted by Gasteiger charge is -2.19. The van der Waals surface area contributed by atoms with Gasteiger partial charge in [-0.25, -0.2) is 4.98 Å². The standard InChI is InChI=1S/C21H16ClN3OS/c22-20-17(25-13-14-27-21(25)24-20)11-12-18(26)23-19(15-7-3-1-4-8-15)16-9-5-2-6-10-16/h1-14,19H,(H,23,26)/b12-11+. The van der Waals surface area contributed by atoms with Gasteiger partial charge < -0.3 is 5.32 Å². The van der Waals surface area contributed by atoms with Crippen LogP contribution in [0.15, 0.2) is 78.3 Å². The van der Waals surface area contributed by atoms with Crippen LogP contribution in [0.25, 0.3) is 11.0 Å². The number of rotatable bonds is 5. The lowest BCUT2D eigenvalue weighted by molar-refractivity contribution is -0.116. The Morgan fingerprint density at radius 1 is 1.07 bits per heavy atom. The monoisotopic (exact) mass is 393 g/mol. The van der Waals surface area contributed by atoms with Crippen LogP contribution in [0.4, 0.5) is 0 Å². The van der Waals surface area contributed by atoms with E-state index in [2.05, 4.69) is 10.3 Å². The number of carbonyl (C=O) groups is 1. The van der Waals surface area contributed by atoms with Crippen LogP contribution >= 0.6 is 22.9 Å². The van der Waals surface area contributed by atoms with Crippen LogP contribution in [-0.2, 0) is 4.79 Å². The molecule has 0 radical (unpaired) electrons. The zero-order valence-corrected chi connectivity index (χ0v) is 15.8. The van der Waals surface area contributed by atoms with Crippen molar-refractivity contribution >= 4 is 39.9 Å². The quantitative estimate of drug-likeness (QED) is 0.486. The number of fused-ring (bicyclic) bond motifs is 1. The second-order valence-corrected chi connectivity index (χ2v) is 7.17. The van der Waals surface area contributed by atoms with Crippen molar-refractivity contribution in [3.63, 3.8) is 0 Å². The van der Waals surface area contributed by atoms with Crippen LogP contribution in [0.2, 0.25) is 5.15 Å². The predicted molar refractivity (Wildman–Crippen MR) is 110 cm³/mol. The third-order valence-corrected chi connectivity index (χ3v) is 5.23. The van der Waals surface area contributed by atoms with Gasteiger partial charge in [-0.1, -0.05) is 72.3 Å². The summed E-state index contributed by atoms with van der Waals surface area (Å²) >= 11 is 7.68. The first-order chi connectivity index (χ1) is 13.2. The molecule has 4 nitrogen and oxygen atoms in total. The number of aromatic nitrogens is 2. The van der Waals surface area contributed by atoms with Gasteiger partial charge in [0.05, 0.1) is 11.7 Å². The number of nitrogens with zero attached hydrogens (tertiary/aromatic N) is 2. The average molecular weight is 394 g/mol. The molecule has 134 valence electrons. The van der Waals surface area contributed by atoms with Gasteiger partial charge in [0.1, 0.15) is 0 Å². The maximum atomic E-state index is 12.6. The maximum absolute atomic E-state index is 12.6. The average Bonchev–Trinajstić information content (AvgIpc) is 3.26. The largest absolute Gasteiger partial charge is 0.342 e. The maximum Gasteiger partial charge on any atom is 0.244 e. The van der Waals surface area contributed by atoms with E-state index < -0.39 is 0 Å². The molecule has 2 aromatic heterocycles.